The van der Waals surface area contributed by atoms with Crippen molar-refractivity contribution in [2.45, 2.75) is 26.2 Å². The van der Waals surface area contributed by atoms with Crippen molar-refractivity contribution < 1.29 is 0 Å². The molecule has 0 N–H and O–H groups in total. The van der Waals surface area contributed by atoms with E-state index in [0.717, 1.165) is 36.8 Å². The standard InChI is InChI=1S/C15H19N5/c1-12-8-15(19-11-18-12)20-7-2-4-13(10-20)9-14-16-5-3-6-17-14/h3,5-6,8,11,13H,2,4,7,9-10H2,1H3/t13-/m1/s1. The van der Waals surface area contributed by atoms with E-state index in [1.165, 1.54) is 12.8 Å². The minimum absolute atomic E-state index is 0.599. The van der Waals surface area contributed by atoms with Crippen molar-refractivity contribution in [1.29, 1.82) is 0 Å². The molecule has 3 heterocycles. The van der Waals surface area contributed by atoms with E-state index < -0.39 is 0 Å². The second-order valence-corrected chi connectivity index (χ2v) is 5.34. The molecule has 0 unspecified atom stereocenters. The lowest BCUT2D eigenvalue weighted by molar-refractivity contribution is 0.404. The molecule has 1 fully saturated rings. The zero-order chi connectivity index (χ0) is 13.8. The summed E-state index contributed by atoms with van der Waals surface area (Å²) in [5.74, 6) is 2.58. The fourth-order valence-electron chi connectivity index (χ4n) is 2.75. The molecule has 1 aliphatic heterocycles. The van der Waals surface area contributed by atoms with E-state index in [2.05, 4.69) is 30.9 Å². The summed E-state index contributed by atoms with van der Waals surface area (Å²) in [4.78, 5) is 19.6. The van der Waals surface area contributed by atoms with Crippen LogP contribution in [0.4, 0.5) is 5.82 Å². The molecule has 2 aromatic rings. The van der Waals surface area contributed by atoms with Gasteiger partial charge in [0.25, 0.3) is 0 Å². The first-order valence-electron chi connectivity index (χ1n) is 7.11. The summed E-state index contributed by atoms with van der Waals surface area (Å²) in [6.45, 7) is 4.10. The van der Waals surface area contributed by atoms with Crippen molar-refractivity contribution in [2.75, 3.05) is 18.0 Å². The smallest absolute Gasteiger partial charge is 0.132 e. The number of aromatic nitrogens is 4. The van der Waals surface area contributed by atoms with Gasteiger partial charge in [-0.05, 0) is 31.7 Å². The highest BCUT2D eigenvalue weighted by atomic mass is 15.2. The largest absolute Gasteiger partial charge is 0.356 e. The van der Waals surface area contributed by atoms with Gasteiger partial charge in [-0.3, -0.25) is 0 Å². The first-order valence-corrected chi connectivity index (χ1v) is 7.11. The highest BCUT2D eigenvalue weighted by Gasteiger charge is 2.22. The van der Waals surface area contributed by atoms with E-state index in [1.807, 2.05) is 25.4 Å². The van der Waals surface area contributed by atoms with Crippen LogP contribution in [0.3, 0.4) is 0 Å². The van der Waals surface area contributed by atoms with E-state index in [-0.39, 0.29) is 0 Å². The van der Waals surface area contributed by atoms with E-state index in [1.54, 1.807) is 6.33 Å². The Kier molecular flexibility index (Phi) is 3.85. The zero-order valence-corrected chi connectivity index (χ0v) is 11.7. The summed E-state index contributed by atoms with van der Waals surface area (Å²) in [5.41, 5.74) is 1.02. The SMILES string of the molecule is Cc1cc(N2CCC[C@H](Cc3ncccn3)C2)ncn1. The first-order chi connectivity index (χ1) is 9.81. The summed E-state index contributed by atoms with van der Waals surface area (Å²) in [6, 6.07) is 3.92. The Balaban J connectivity index is 1.67. The number of aryl methyl sites for hydroxylation is 1. The lowest BCUT2D eigenvalue weighted by Crippen LogP contribution is -2.37. The number of hydrogen-bond donors (Lipinski definition) is 0. The Morgan fingerprint density at radius 1 is 1.20 bits per heavy atom. The summed E-state index contributed by atoms with van der Waals surface area (Å²) in [6.07, 6.45) is 8.66. The molecule has 1 aliphatic rings. The Morgan fingerprint density at radius 3 is 2.85 bits per heavy atom. The monoisotopic (exact) mass is 269 g/mol. The Hall–Kier alpha value is -2.04. The van der Waals surface area contributed by atoms with Gasteiger partial charge in [-0.15, -0.1) is 0 Å². The average molecular weight is 269 g/mol. The molecule has 2 aromatic heterocycles. The lowest BCUT2D eigenvalue weighted by Gasteiger charge is -2.33. The van der Waals surface area contributed by atoms with Gasteiger partial charge in [0.1, 0.15) is 18.0 Å². The van der Waals surface area contributed by atoms with Crippen molar-refractivity contribution in [3.63, 3.8) is 0 Å². The molecule has 20 heavy (non-hydrogen) atoms. The van der Waals surface area contributed by atoms with Gasteiger partial charge in [0.2, 0.25) is 0 Å². The van der Waals surface area contributed by atoms with Crippen LogP contribution in [-0.4, -0.2) is 33.0 Å². The van der Waals surface area contributed by atoms with Gasteiger partial charge in [-0.2, -0.15) is 0 Å². The molecule has 0 bridgehead atoms. The van der Waals surface area contributed by atoms with Gasteiger partial charge in [0.15, 0.2) is 0 Å². The van der Waals surface area contributed by atoms with Crippen LogP contribution >= 0.6 is 0 Å². The summed E-state index contributed by atoms with van der Waals surface area (Å²) in [5, 5.41) is 0. The number of hydrogen-bond acceptors (Lipinski definition) is 5. The van der Waals surface area contributed by atoms with Crippen LogP contribution in [0.15, 0.2) is 30.9 Å². The van der Waals surface area contributed by atoms with Gasteiger partial charge in [0.05, 0.1) is 0 Å². The molecule has 3 rings (SSSR count). The third-order valence-electron chi connectivity index (χ3n) is 3.72. The molecule has 0 radical (unpaired) electrons. The Labute approximate surface area is 119 Å². The quantitative estimate of drug-likeness (QED) is 0.853. The second kappa shape index (κ2) is 5.94. The maximum atomic E-state index is 4.39. The number of anilines is 1. The van der Waals surface area contributed by atoms with Gasteiger partial charge in [0, 0.05) is 43.7 Å². The average Bonchev–Trinajstić information content (AvgIpc) is 2.49. The summed E-state index contributed by atoms with van der Waals surface area (Å²) >= 11 is 0. The van der Waals surface area contributed by atoms with Crippen molar-refractivity contribution in [2.24, 2.45) is 5.92 Å². The molecule has 0 aliphatic carbocycles. The van der Waals surface area contributed by atoms with Gasteiger partial charge < -0.3 is 4.90 Å². The van der Waals surface area contributed by atoms with Crippen molar-refractivity contribution in [1.82, 2.24) is 19.9 Å². The van der Waals surface area contributed by atoms with E-state index in [0.29, 0.717) is 5.92 Å². The van der Waals surface area contributed by atoms with E-state index >= 15 is 0 Å². The number of nitrogens with zero attached hydrogens (tertiary/aromatic N) is 5. The molecule has 0 amide bonds. The molecule has 1 atom stereocenters. The van der Waals surface area contributed by atoms with Crippen molar-refractivity contribution >= 4 is 5.82 Å². The molecular formula is C15H19N5. The Morgan fingerprint density at radius 2 is 2.05 bits per heavy atom. The third kappa shape index (κ3) is 3.10. The highest BCUT2D eigenvalue weighted by Crippen LogP contribution is 2.23. The molecule has 5 heteroatoms. The lowest BCUT2D eigenvalue weighted by atomic mass is 9.94. The van der Waals surface area contributed by atoms with Crippen LogP contribution in [0.5, 0.6) is 0 Å². The number of piperidine rings is 1. The fraction of sp³-hybridized carbons (Fsp3) is 0.467. The van der Waals surface area contributed by atoms with Gasteiger partial charge in [-0.1, -0.05) is 0 Å². The molecule has 0 aromatic carbocycles. The van der Waals surface area contributed by atoms with Crippen LogP contribution in [0.1, 0.15) is 24.4 Å². The molecular weight excluding hydrogens is 250 g/mol. The third-order valence-corrected chi connectivity index (χ3v) is 3.72. The van der Waals surface area contributed by atoms with Crippen LogP contribution < -0.4 is 4.90 Å². The molecule has 104 valence electrons. The predicted octanol–water partition coefficient (Wildman–Crippen LogP) is 2.03. The summed E-state index contributed by atoms with van der Waals surface area (Å²) in [7, 11) is 0. The zero-order valence-electron chi connectivity index (χ0n) is 11.7. The molecule has 1 saturated heterocycles. The second-order valence-electron chi connectivity index (χ2n) is 5.34. The van der Waals surface area contributed by atoms with Crippen molar-refractivity contribution in [3.05, 3.63) is 42.4 Å². The first kappa shape index (κ1) is 13.0. The van der Waals surface area contributed by atoms with Crippen LogP contribution in [0.25, 0.3) is 0 Å². The maximum absolute atomic E-state index is 4.39. The fourth-order valence-corrected chi connectivity index (χ4v) is 2.75. The van der Waals surface area contributed by atoms with Gasteiger partial charge in [-0.25, -0.2) is 19.9 Å². The minimum atomic E-state index is 0.599. The van der Waals surface area contributed by atoms with E-state index in [9.17, 15) is 0 Å². The maximum Gasteiger partial charge on any atom is 0.132 e. The highest BCUT2D eigenvalue weighted by molar-refractivity contribution is 5.39. The van der Waals surface area contributed by atoms with Crippen LogP contribution in [-0.2, 0) is 6.42 Å². The van der Waals surface area contributed by atoms with Crippen LogP contribution in [0.2, 0.25) is 0 Å². The van der Waals surface area contributed by atoms with Crippen molar-refractivity contribution in [3.8, 4) is 0 Å². The van der Waals surface area contributed by atoms with Crippen LogP contribution in [0, 0.1) is 12.8 Å². The van der Waals surface area contributed by atoms with Gasteiger partial charge >= 0.3 is 0 Å². The molecule has 5 nitrogen and oxygen atoms in total. The summed E-state index contributed by atoms with van der Waals surface area (Å²) < 4.78 is 0. The topological polar surface area (TPSA) is 54.8 Å². The Bertz CT molecular complexity index is 557. The number of rotatable bonds is 3. The normalized spacial score (nSPS) is 19.1. The van der Waals surface area contributed by atoms with E-state index in [4.69, 9.17) is 0 Å². The molecule has 0 saturated carbocycles. The molecule has 0 spiro atoms. The minimum Gasteiger partial charge on any atom is -0.356 e. The predicted molar refractivity (Wildman–Crippen MR) is 77.4 cm³/mol.